The first-order chi connectivity index (χ1) is 20.2. The molecule has 0 radical (unpaired) electrons. The van der Waals surface area contributed by atoms with Gasteiger partial charge in [0.05, 0.1) is 11.1 Å². The summed E-state index contributed by atoms with van der Waals surface area (Å²) in [5.74, 6) is -0.999. The number of para-hydroxylation sites is 1. The molecule has 1 fully saturated rings. The molecule has 0 bridgehead atoms. The predicted octanol–water partition coefficient (Wildman–Crippen LogP) is 6.83. The van der Waals surface area contributed by atoms with Crippen molar-refractivity contribution in [2.45, 2.75) is 65.5 Å². The van der Waals surface area contributed by atoms with Crippen LogP contribution >= 0.6 is 0 Å². The summed E-state index contributed by atoms with van der Waals surface area (Å²) in [5, 5.41) is 10.5. The summed E-state index contributed by atoms with van der Waals surface area (Å²) in [7, 11) is 0. The van der Waals surface area contributed by atoms with E-state index in [-0.39, 0.29) is 35.5 Å². The number of halogens is 2. The molecule has 2 aromatic carbocycles. The Morgan fingerprint density at radius 3 is 2.37 bits per heavy atom. The van der Waals surface area contributed by atoms with Crippen LogP contribution in [-0.2, 0) is 10.2 Å². The van der Waals surface area contributed by atoms with Gasteiger partial charge in [0.1, 0.15) is 41.2 Å². The van der Waals surface area contributed by atoms with Crippen LogP contribution in [0.1, 0.15) is 59.6 Å². The van der Waals surface area contributed by atoms with Crippen LogP contribution < -0.4 is 4.90 Å². The first-order valence-corrected chi connectivity index (χ1v) is 14.5. The minimum Gasteiger partial charge on any atom is -0.507 e. The highest BCUT2D eigenvalue weighted by Crippen LogP contribution is 2.41. The summed E-state index contributed by atoms with van der Waals surface area (Å²) in [5.41, 5.74) is 0.936. The Labute approximate surface area is 251 Å². The summed E-state index contributed by atoms with van der Waals surface area (Å²) in [4.78, 5) is 28.0. The molecule has 1 atom stereocenters. The van der Waals surface area contributed by atoms with E-state index in [1.807, 2.05) is 61.8 Å². The van der Waals surface area contributed by atoms with Crippen molar-refractivity contribution < 1.29 is 23.4 Å². The Hall–Kier alpha value is -4.21. The monoisotopic (exact) mass is 591 g/mol. The molecule has 1 amide bonds. The van der Waals surface area contributed by atoms with E-state index in [0.29, 0.717) is 36.9 Å². The maximum atomic E-state index is 15.9. The van der Waals surface area contributed by atoms with E-state index in [1.54, 1.807) is 4.90 Å². The Bertz CT molecular complexity index is 1560. The number of hydrogen-bond acceptors (Lipinski definition) is 7. The normalized spacial score (nSPS) is 17.5. The molecule has 10 heteroatoms. The third kappa shape index (κ3) is 6.00. The lowest BCUT2D eigenvalue weighted by Crippen LogP contribution is -2.57. The zero-order valence-electron chi connectivity index (χ0n) is 25.8. The zero-order chi connectivity index (χ0) is 31.3. The number of hydrogen-bond donors (Lipinski definition) is 1. The number of aliphatic imine (C=N–C) groups is 1. The fraction of sp³-hybridized carbons (Fsp3) is 0.424. The van der Waals surface area contributed by atoms with E-state index < -0.39 is 23.0 Å². The SMILES string of the molecule is C[C@H]1CN(C(=O)OC(C)(C)C)CCN1C1=NCN(c2ccccc2C(C)(C)C)c2nc(-c3c(O)cccc3F)c(F)cc21. The van der Waals surface area contributed by atoms with Crippen molar-refractivity contribution in [2.24, 2.45) is 4.99 Å². The summed E-state index contributed by atoms with van der Waals surface area (Å²) in [6, 6.07) is 12.9. The molecule has 228 valence electrons. The molecule has 8 nitrogen and oxygen atoms in total. The van der Waals surface area contributed by atoms with Crippen LogP contribution in [0.25, 0.3) is 11.3 Å². The molecule has 1 saturated heterocycles. The largest absolute Gasteiger partial charge is 0.507 e. The molecule has 2 aliphatic rings. The van der Waals surface area contributed by atoms with Crippen molar-refractivity contribution in [3.05, 3.63) is 71.3 Å². The lowest BCUT2D eigenvalue weighted by atomic mass is 9.85. The third-order valence-corrected chi connectivity index (χ3v) is 7.60. The van der Waals surface area contributed by atoms with Crippen LogP contribution in [0.4, 0.5) is 25.1 Å². The molecule has 3 aromatic rings. The van der Waals surface area contributed by atoms with Gasteiger partial charge in [-0.15, -0.1) is 0 Å². The summed E-state index contributed by atoms with van der Waals surface area (Å²) >= 11 is 0. The number of phenolic OH excluding ortho intramolecular Hbond substituents is 1. The number of anilines is 2. The summed E-state index contributed by atoms with van der Waals surface area (Å²) in [6.07, 6.45) is -0.378. The average Bonchev–Trinajstić information content (AvgIpc) is 2.91. The number of aromatic hydroxyl groups is 1. The quantitative estimate of drug-likeness (QED) is 0.352. The van der Waals surface area contributed by atoms with Crippen LogP contribution in [0.2, 0.25) is 0 Å². The molecule has 5 rings (SSSR count). The second-order valence-corrected chi connectivity index (χ2v) is 13.1. The maximum Gasteiger partial charge on any atom is 0.410 e. The Balaban J connectivity index is 1.60. The van der Waals surface area contributed by atoms with Crippen molar-refractivity contribution in [2.75, 3.05) is 31.2 Å². The topological polar surface area (TPSA) is 81.5 Å². The first kappa shape index (κ1) is 30.3. The van der Waals surface area contributed by atoms with Crippen molar-refractivity contribution >= 4 is 23.4 Å². The lowest BCUT2D eigenvalue weighted by molar-refractivity contribution is 0.0133. The molecular formula is C33H39F2N5O3. The van der Waals surface area contributed by atoms with Crippen LogP contribution in [0.15, 0.2) is 53.5 Å². The van der Waals surface area contributed by atoms with Crippen molar-refractivity contribution in [3.8, 4) is 17.0 Å². The second-order valence-electron chi connectivity index (χ2n) is 13.1. The molecule has 1 aromatic heterocycles. The number of ether oxygens (including phenoxy) is 1. The number of benzene rings is 2. The number of pyridine rings is 1. The van der Waals surface area contributed by atoms with E-state index in [0.717, 1.165) is 11.3 Å². The van der Waals surface area contributed by atoms with Gasteiger partial charge in [-0.05, 0) is 62.9 Å². The molecule has 0 saturated carbocycles. The van der Waals surface area contributed by atoms with Gasteiger partial charge in [0, 0.05) is 31.4 Å². The van der Waals surface area contributed by atoms with Crippen LogP contribution in [0.5, 0.6) is 5.75 Å². The third-order valence-electron chi connectivity index (χ3n) is 7.60. The van der Waals surface area contributed by atoms with Gasteiger partial charge in [-0.1, -0.05) is 45.0 Å². The van der Waals surface area contributed by atoms with E-state index in [1.165, 1.54) is 24.3 Å². The van der Waals surface area contributed by atoms with E-state index in [2.05, 4.69) is 20.8 Å². The zero-order valence-corrected chi connectivity index (χ0v) is 25.8. The Kier molecular flexibility index (Phi) is 7.83. The number of carbonyl (C=O) groups is 1. The smallest absolute Gasteiger partial charge is 0.410 e. The fourth-order valence-electron chi connectivity index (χ4n) is 5.61. The number of nitrogens with zero attached hydrogens (tertiary/aromatic N) is 5. The highest BCUT2D eigenvalue weighted by molar-refractivity contribution is 6.06. The van der Waals surface area contributed by atoms with Gasteiger partial charge in [0.15, 0.2) is 5.82 Å². The molecule has 43 heavy (non-hydrogen) atoms. The summed E-state index contributed by atoms with van der Waals surface area (Å²) < 4.78 is 36.4. The van der Waals surface area contributed by atoms with Gasteiger partial charge in [-0.2, -0.15) is 0 Å². The Morgan fingerprint density at radius 1 is 1.00 bits per heavy atom. The number of piperazine rings is 1. The number of rotatable bonds is 2. The van der Waals surface area contributed by atoms with Crippen LogP contribution in [0, 0.1) is 11.6 Å². The van der Waals surface area contributed by atoms with Crippen molar-refractivity contribution in [1.82, 2.24) is 14.8 Å². The minimum absolute atomic E-state index is 0.153. The number of carbonyl (C=O) groups excluding carboxylic acids is 1. The molecule has 1 N–H and O–H groups in total. The van der Waals surface area contributed by atoms with Gasteiger partial charge in [-0.25, -0.2) is 23.6 Å². The first-order valence-electron chi connectivity index (χ1n) is 14.5. The van der Waals surface area contributed by atoms with Gasteiger partial charge >= 0.3 is 6.09 Å². The standard InChI is InChI=1S/C33H39F2N5O3/c1-20-18-38(31(42)43-33(5,6)7)15-16-39(20)29-21-17-24(35)28(27-23(34)12-10-14-26(27)41)37-30(21)40(19-36-29)25-13-9-8-11-22(25)32(2,3)4/h8-14,17,20,41H,15-16,18-19H2,1-7H3/t20-/m0/s1. The predicted molar refractivity (Wildman–Crippen MR) is 164 cm³/mol. The van der Waals surface area contributed by atoms with E-state index in [9.17, 15) is 14.3 Å². The Morgan fingerprint density at radius 2 is 1.72 bits per heavy atom. The minimum atomic E-state index is -0.780. The number of amidine groups is 1. The lowest BCUT2D eigenvalue weighted by Gasteiger charge is -2.43. The maximum absolute atomic E-state index is 15.9. The average molecular weight is 592 g/mol. The number of amides is 1. The van der Waals surface area contributed by atoms with Crippen molar-refractivity contribution in [3.63, 3.8) is 0 Å². The molecule has 0 spiro atoms. The highest BCUT2D eigenvalue weighted by atomic mass is 19.1. The van der Waals surface area contributed by atoms with E-state index in [4.69, 9.17) is 14.7 Å². The molecule has 3 heterocycles. The number of aromatic nitrogens is 1. The molecule has 0 unspecified atom stereocenters. The molecule has 0 aliphatic carbocycles. The van der Waals surface area contributed by atoms with Crippen LogP contribution in [-0.4, -0.2) is 69.8 Å². The van der Waals surface area contributed by atoms with Crippen molar-refractivity contribution in [1.29, 1.82) is 0 Å². The number of fused-ring (bicyclic) bond motifs is 1. The summed E-state index contributed by atoms with van der Waals surface area (Å²) in [6.45, 7) is 15.3. The molecule has 2 aliphatic heterocycles. The van der Waals surface area contributed by atoms with E-state index >= 15 is 4.39 Å². The van der Waals surface area contributed by atoms with Crippen LogP contribution in [0.3, 0.4) is 0 Å². The number of phenols is 1. The van der Waals surface area contributed by atoms with Gasteiger partial charge in [-0.3, -0.25) is 0 Å². The fourth-order valence-corrected chi connectivity index (χ4v) is 5.61. The van der Waals surface area contributed by atoms with Gasteiger partial charge in [0.2, 0.25) is 0 Å². The molecular weight excluding hydrogens is 552 g/mol. The van der Waals surface area contributed by atoms with Gasteiger partial charge in [0.25, 0.3) is 0 Å². The van der Waals surface area contributed by atoms with Gasteiger partial charge < -0.3 is 24.5 Å². The highest BCUT2D eigenvalue weighted by Gasteiger charge is 2.36. The second kappa shape index (κ2) is 11.1.